The molecule has 1 aliphatic heterocycles. The van der Waals surface area contributed by atoms with Gasteiger partial charge in [0, 0.05) is 0 Å². The summed E-state index contributed by atoms with van der Waals surface area (Å²) < 4.78 is 20.8. The molecule has 0 saturated carbocycles. The van der Waals surface area contributed by atoms with Gasteiger partial charge in [-0.25, -0.2) is 18.7 Å². The second-order valence-electron chi connectivity index (χ2n) is 5.25. The van der Waals surface area contributed by atoms with E-state index in [1.807, 2.05) is 0 Å². The van der Waals surface area contributed by atoms with E-state index in [1.165, 1.54) is 0 Å². The van der Waals surface area contributed by atoms with Crippen LogP contribution in [0.25, 0.3) is 11.2 Å². The Morgan fingerprint density at radius 3 is 2.79 bits per heavy atom. The third-order valence-corrected chi connectivity index (χ3v) is 3.74. The molecule has 3 rings (SSSR count). The van der Waals surface area contributed by atoms with Crippen molar-refractivity contribution in [3.05, 3.63) is 16.7 Å². The molecule has 5 N–H and O–H groups in total. The summed E-state index contributed by atoms with van der Waals surface area (Å²) in [6.07, 6.45) is -5.34. The van der Waals surface area contributed by atoms with Crippen molar-refractivity contribution >= 4 is 23.1 Å². The van der Waals surface area contributed by atoms with E-state index >= 15 is 0 Å². The Morgan fingerprint density at radius 2 is 2.21 bits per heavy atom. The molecule has 1 fully saturated rings. The Kier molecular flexibility index (Phi) is 3.95. The van der Waals surface area contributed by atoms with Crippen LogP contribution in [0, 0.1) is 0 Å². The summed E-state index contributed by atoms with van der Waals surface area (Å²) in [7, 11) is 0. The maximum atomic E-state index is 13.9. The predicted octanol–water partition coefficient (Wildman–Crippen LogP) is -2.15. The molecular weight excluding hydrogens is 329 g/mol. The molecule has 0 amide bonds. The van der Waals surface area contributed by atoms with Crippen molar-refractivity contribution in [3.63, 3.8) is 0 Å². The number of imidazole rings is 1. The number of carboxylic acid groups (broad SMARTS) is 1. The van der Waals surface area contributed by atoms with Crippen molar-refractivity contribution < 1.29 is 29.2 Å². The zero-order chi connectivity index (χ0) is 17.6. The summed E-state index contributed by atoms with van der Waals surface area (Å²) in [6.45, 7) is -1.39. The number of hydrogen-bond acceptors (Lipinski definition) is 8. The molecule has 0 unspecified atom stereocenters. The maximum absolute atomic E-state index is 13.9. The molecule has 1 aliphatic rings. The molecule has 4 atom stereocenters. The number of hydrogen-bond donors (Lipinski definition) is 4. The van der Waals surface area contributed by atoms with Crippen LogP contribution in [0.15, 0.2) is 11.0 Å². The number of aliphatic carboxylic acids is 1. The lowest BCUT2D eigenvalue weighted by Crippen LogP contribution is -2.35. The van der Waals surface area contributed by atoms with Crippen LogP contribution < -0.4 is 11.4 Å². The monoisotopic (exact) mass is 343 g/mol. The number of rotatable bonds is 4. The first-order valence-corrected chi connectivity index (χ1v) is 6.88. The van der Waals surface area contributed by atoms with E-state index in [4.69, 9.17) is 20.7 Å². The Labute approximate surface area is 132 Å². The molecule has 12 heteroatoms. The third-order valence-electron chi connectivity index (χ3n) is 3.74. The lowest BCUT2D eigenvalue weighted by atomic mass is 10.1. The van der Waals surface area contributed by atoms with Crippen LogP contribution in [0.5, 0.6) is 0 Å². The number of aliphatic hydroxyl groups is 2. The van der Waals surface area contributed by atoms with Crippen molar-refractivity contribution in [2.45, 2.75) is 31.2 Å². The lowest BCUT2D eigenvalue weighted by Gasteiger charge is -2.15. The molecule has 24 heavy (non-hydrogen) atoms. The topological polar surface area (TPSA) is 166 Å². The van der Waals surface area contributed by atoms with Gasteiger partial charge in [-0.2, -0.15) is 4.98 Å². The van der Waals surface area contributed by atoms with Gasteiger partial charge in [0.15, 0.2) is 18.0 Å². The molecule has 0 aromatic carbocycles. The predicted molar refractivity (Wildman–Crippen MR) is 75.7 cm³/mol. The Bertz CT molecular complexity index is 850. The molecule has 3 heterocycles. The molecule has 0 radical (unpaired) electrons. The van der Waals surface area contributed by atoms with Gasteiger partial charge < -0.3 is 25.8 Å². The highest BCUT2D eigenvalue weighted by atomic mass is 19.1. The fourth-order valence-electron chi connectivity index (χ4n) is 2.66. The molecule has 0 spiro atoms. The van der Waals surface area contributed by atoms with Crippen LogP contribution >= 0.6 is 0 Å². The molecule has 130 valence electrons. The largest absolute Gasteiger partial charge is 0.480 e. The van der Waals surface area contributed by atoms with E-state index in [1.54, 1.807) is 0 Å². The smallest absolute Gasteiger partial charge is 0.333 e. The minimum atomic E-state index is -1.93. The van der Waals surface area contributed by atoms with Crippen LogP contribution in [0.3, 0.4) is 0 Å². The number of nitrogens with two attached hydrogens (primary N) is 1. The van der Waals surface area contributed by atoms with Crippen LogP contribution in [-0.4, -0.2) is 65.4 Å². The number of fused-ring (bicyclic) bond motifs is 1. The van der Waals surface area contributed by atoms with E-state index in [-0.39, 0.29) is 17.1 Å². The summed E-state index contributed by atoms with van der Waals surface area (Å²) in [5.74, 6) is -1.50. The highest BCUT2D eigenvalue weighted by Gasteiger charge is 2.46. The summed E-state index contributed by atoms with van der Waals surface area (Å²) >= 11 is 0. The number of aliphatic hydroxyl groups excluding tert-OH is 2. The molecule has 2 aromatic heterocycles. The fourth-order valence-corrected chi connectivity index (χ4v) is 2.66. The van der Waals surface area contributed by atoms with E-state index in [2.05, 4.69) is 9.97 Å². The molecule has 1 saturated heterocycles. The van der Waals surface area contributed by atoms with E-state index in [0.29, 0.717) is 0 Å². The number of ether oxygens (including phenoxy) is 1. The second-order valence-corrected chi connectivity index (χ2v) is 5.25. The zero-order valence-corrected chi connectivity index (χ0v) is 12.1. The van der Waals surface area contributed by atoms with Gasteiger partial charge in [-0.15, -0.1) is 0 Å². The number of aromatic nitrogens is 4. The highest BCUT2D eigenvalue weighted by Crippen LogP contribution is 2.32. The number of nitrogens with zero attached hydrogens (tertiary/aromatic N) is 4. The minimum Gasteiger partial charge on any atom is -0.480 e. The Morgan fingerprint density at radius 1 is 1.50 bits per heavy atom. The van der Waals surface area contributed by atoms with Crippen molar-refractivity contribution in [2.75, 3.05) is 12.3 Å². The first kappa shape index (κ1) is 16.3. The van der Waals surface area contributed by atoms with Gasteiger partial charge in [0.05, 0.1) is 12.8 Å². The molecule has 11 nitrogen and oxygen atoms in total. The zero-order valence-electron chi connectivity index (χ0n) is 12.1. The number of carboxylic acids is 1. The fraction of sp³-hybridized carbons (Fsp3) is 0.500. The number of alkyl halides is 1. The SMILES string of the molecule is Nc1ncc2c(n1)n([C@@H]1O[C@H](CO)[C@@H](F)[C@H]1O)c(=O)n2CC(=O)O. The number of carbonyl (C=O) groups is 1. The van der Waals surface area contributed by atoms with Gasteiger partial charge in [0.25, 0.3) is 0 Å². The standard InChI is InChI=1S/C12H14FN5O6/c13-7-5(3-19)24-10(8(7)22)18-9-4(1-15-11(14)16-9)17(12(18)23)2-6(20)21/h1,5,7-8,10,19,22H,2-3H2,(H,20,21)(H2,14,15,16)/t5-,7-,8-,10-/m1/s1. The van der Waals surface area contributed by atoms with E-state index in [9.17, 15) is 19.1 Å². The van der Waals surface area contributed by atoms with Crippen LogP contribution in [0.4, 0.5) is 10.3 Å². The van der Waals surface area contributed by atoms with E-state index in [0.717, 1.165) is 15.3 Å². The first-order chi connectivity index (χ1) is 11.3. The summed E-state index contributed by atoms with van der Waals surface area (Å²) in [5, 5.41) is 28.0. The quantitative estimate of drug-likeness (QED) is 0.484. The Hall–Kier alpha value is -2.57. The average Bonchev–Trinajstić information content (AvgIpc) is 2.95. The lowest BCUT2D eigenvalue weighted by molar-refractivity contribution is -0.137. The highest BCUT2D eigenvalue weighted by molar-refractivity contribution is 5.75. The molecule has 0 bridgehead atoms. The van der Waals surface area contributed by atoms with Gasteiger partial charge >= 0.3 is 11.7 Å². The van der Waals surface area contributed by atoms with Crippen molar-refractivity contribution in [3.8, 4) is 0 Å². The molecule has 2 aromatic rings. The first-order valence-electron chi connectivity index (χ1n) is 6.88. The van der Waals surface area contributed by atoms with Gasteiger partial charge in [-0.05, 0) is 0 Å². The van der Waals surface area contributed by atoms with Crippen LogP contribution in [0.2, 0.25) is 0 Å². The second kappa shape index (κ2) is 5.81. The normalized spacial score (nSPS) is 27.0. The van der Waals surface area contributed by atoms with Gasteiger partial charge in [-0.1, -0.05) is 0 Å². The van der Waals surface area contributed by atoms with Crippen molar-refractivity contribution in [1.29, 1.82) is 0 Å². The Balaban J connectivity index is 2.21. The van der Waals surface area contributed by atoms with Gasteiger partial charge in [0.2, 0.25) is 5.95 Å². The number of halogens is 1. The molecular formula is C12H14FN5O6. The van der Waals surface area contributed by atoms with Crippen LogP contribution in [-0.2, 0) is 16.1 Å². The minimum absolute atomic E-state index is 0.0373. The van der Waals surface area contributed by atoms with Crippen molar-refractivity contribution in [1.82, 2.24) is 19.1 Å². The number of nitrogen functional groups attached to an aromatic ring is 1. The average molecular weight is 343 g/mol. The summed E-state index contributed by atoms with van der Waals surface area (Å²) in [4.78, 5) is 31.1. The van der Waals surface area contributed by atoms with Crippen molar-refractivity contribution in [2.24, 2.45) is 0 Å². The maximum Gasteiger partial charge on any atom is 0.333 e. The molecule has 0 aliphatic carbocycles. The van der Waals surface area contributed by atoms with Gasteiger partial charge in [-0.3, -0.25) is 9.36 Å². The summed E-state index contributed by atoms with van der Waals surface area (Å²) in [6, 6.07) is 0. The number of anilines is 1. The van der Waals surface area contributed by atoms with Crippen LogP contribution in [0.1, 0.15) is 6.23 Å². The van der Waals surface area contributed by atoms with E-state index < -0.39 is 49.4 Å². The third kappa shape index (κ3) is 2.40. The summed E-state index contributed by atoms with van der Waals surface area (Å²) in [5.41, 5.74) is 4.53. The van der Waals surface area contributed by atoms with Gasteiger partial charge in [0.1, 0.15) is 24.3 Å².